The van der Waals surface area contributed by atoms with Crippen LogP contribution in [0.2, 0.25) is 5.02 Å². The molecule has 1 saturated heterocycles. The van der Waals surface area contributed by atoms with Crippen LogP contribution in [-0.2, 0) is 0 Å². The Kier molecular flexibility index (Phi) is 9.93. The number of allylic oxidation sites excluding steroid dienone is 1. The zero-order chi connectivity index (χ0) is 29.7. The molecule has 0 aromatic heterocycles. The van der Waals surface area contributed by atoms with Crippen molar-refractivity contribution in [1.82, 2.24) is 10.2 Å². The van der Waals surface area contributed by atoms with Gasteiger partial charge in [-0.1, -0.05) is 17.7 Å². The van der Waals surface area contributed by atoms with E-state index in [1.165, 1.54) is 4.43 Å². The molecule has 8 nitrogen and oxygen atoms in total. The Bertz CT molecular complexity index is 1400. The van der Waals surface area contributed by atoms with Crippen LogP contribution >= 0.6 is 11.6 Å². The van der Waals surface area contributed by atoms with Crippen LogP contribution < -0.4 is 32.3 Å². The van der Waals surface area contributed by atoms with Crippen molar-refractivity contribution in [2.24, 2.45) is 16.6 Å². The molecule has 2 unspecified atom stereocenters. The average molecular weight is 700 g/mol. The summed E-state index contributed by atoms with van der Waals surface area (Å²) in [5.41, 5.74) is 9.80. The molecule has 0 bridgehead atoms. The second-order valence-corrected chi connectivity index (χ2v) is 13.5. The molecule has 5 N–H and O–H groups in total. The Morgan fingerprint density at radius 3 is 2.61 bits per heavy atom. The fourth-order valence-electron chi connectivity index (χ4n) is 4.43. The van der Waals surface area contributed by atoms with E-state index in [2.05, 4.69) is 16.4 Å². The molecule has 4 rings (SSSR count). The van der Waals surface area contributed by atoms with Crippen LogP contribution in [0.5, 0.6) is 0 Å². The maximum Gasteiger partial charge on any atom is -0.0201 e. The number of alkyl halides is 5. The fraction of sp³-hybridized carbons (Fsp3) is 0.357. The number of nitrogens with zero attached hydrogens (tertiary/aromatic N) is 3. The van der Waals surface area contributed by atoms with E-state index in [1.54, 1.807) is 36.4 Å². The van der Waals surface area contributed by atoms with Gasteiger partial charge in [0.1, 0.15) is 0 Å². The summed E-state index contributed by atoms with van der Waals surface area (Å²) in [7, 11) is 0. The molecule has 0 radical (unpaired) electrons. The normalized spacial score (nSPS) is 21.4. The molecular weight excluding hydrogens is 672 g/mol. The number of urea groups is 1. The van der Waals surface area contributed by atoms with Gasteiger partial charge in [0.05, 0.1) is 11.8 Å². The first-order valence-electron chi connectivity index (χ1n) is 12.7. The molecule has 2 fully saturated rings. The van der Waals surface area contributed by atoms with Crippen molar-refractivity contribution in [3.8, 4) is 6.07 Å². The van der Waals surface area contributed by atoms with E-state index in [0.717, 1.165) is 5.56 Å². The minimum Gasteiger partial charge on any atom is -0.0201 e. The van der Waals surface area contributed by atoms with Crippen LogP contribution in [0.1, 0.15) is 34.3 Å². The molecule has 41 heavy (non-hydrogen) atoms. The van der Waals surface area contributed by atoms with Gasteiger partial charge in [-0.15, -0.1) is 0 Å². The number of carbonyl (C=O) groups is 1. The molecule has 1 saturated carbocycles. The molecule has 1 aliphatic heterocycles. The monoisotopic (exact) mass is 699 g/mol. The molecule has 2 aliphatic rings. The number of hydrogen-bond donors (Lipinski definition) is 4. The number of amides is 2. The molecule has 2 amide bonds. The summed E-state index contributed by atoms with van der Waals surface area (Å²) >= 11 is 6.22. The topological polar surface area (TPSA) is 139 Å². The summed E-state index contributed by atoms with van der Waals surface area (Å²) in [5, 5.41) is 30.4. The van der Waals surface area contributed by atoms with E-state index in [4.69, 9.17) is 22.7 Å². The standard InChI is InChI=1S/C28H28ClF3IN6O2/c29-19-2-1-3-20(12-19)38-24-11-16(8-9-34)10-21(24)23(35)14-37-27(41)39(15-25(40)28(30,31)32)26(36)18-6-4-17(5-7-18)22-13-33-22/h1-7,12,16,22,25,36,40H,8,10-11,13-15,35H2,(H,37,41)/q-1/b23-21-,36-26?,38-24?/t16?,22?,25-/m0/s1. The quantitative estimate of drug-likeness (QED) is 0.145. The van der Waals surface area contributed by atoms with Gasteiger partial charge in [-0.3, -0.25) is 4.99 Å². The van der Waals surface area contributed by atoms with E-state index < -0.39 is 30.7 Å². The number of aliphatic hydroxyl groups is 1. The van der Waals surface area contributed by atoms with Crippen molar-refractivity contribution in [1.29, 1.82) is 10.7 Å². The summed E-state index contributed by atoms with van der Waals surface area (Å²) in [6.07, 6.45) is -6.63. The summed E-state index contributed by atoms with van der Waals surface area (Å²) in [4.78, 5) is 18.3. The summed E-state index contributed by atoms with van der Waals surface area (Å²) < 4.78 is 41.3. The maximum absolute atomic E-state index is 13.2. The predicted octanol–water partition coefficient (Wildman–Crippen LogP) is 2.05. The molecule has 0 spiro atoms. The predicted molar refractivity (Wildman–Crippen MR) is 146 cm³/mol. The second kappa shape index (κ2) is 13.2. The average Bonchev–Trinajstić information content (AvgIpc) is 3.71. The number of nitriles is 1. The van der Waals surface area contributed by atoms with E-state index >= 15 is 0 Å². The third-order valence-corrected chi connectivity index (χ3v) is 9.41. The number of aliphatic imine (C=N–C) groups is 1. The van der Waals surface area contributed by atoms with Crippen LogP contribution in [0.4, 0.5) is 23.7 Å². The third-order valence-electron chi connectivity index (χ3n) is 6.70. The van der Waals surface area contributed by atoms with Gasteiger partial charge in [0, 0.05) is 17.2 Å². The molecular formula is C28H28ClF3IN6O2-. The number of benzene rings is 2. The van der Waals surface area contributed by atoms with Gasteiger partial charge >= 0.3 is 158 Å². The van der Waals surface area contributed by atoms with Gasteiger partial charge in [-0.25, -0.2) is 0 Å². The van der Waals surface area contributed by atoms with Gasteiger partial charge in [0.15, 0.2) is 0 Å². The van der Waals surface area contributed by atoms with E-state index in [1.807, 2.05) is 12.1 Å². The minimum atomic E-state index is -4.98. The Labute approximate surface area is 250 Å². The molecule has 13 heteroatoms. The van der Waals surface area contributed by atoms with Crippen LogP contribution in [0.25, 0.3) is 0 Å². The maximum atomic E-state index is 13.2. The largest absolute Gasteiger partial charge is 0.0201 e. The number of aliphatic hydroxyl groups excluding tert-OH is 1. The zero-order valence-electron chi connectivity index (χ0n) is 21.8. The third kappa shape index (κ3) is 8.21. The van der Waals surface area contributed by atoms with Gasteiger partial charge < -0.3 is 0 Å². The van der Waals surface area contributed by atoms with E-state index in [-0.39, 0.29) is 51.3 Å². The Balaban J connectivity index is 1.54. The smallest absolute Gasteiger partial charge is 0.0201 e. The van der Waals surface area contributed by atoms with Gasteiger partial charge in [-0.2, -0.15) is 5.26 Å². The Hall–Kier alpha value is -3.15. The summed E-state index contributed by atoms with van der Waals surface area (Å²) in [6, 6.07) is 14.9. The summed E-state index contributed by atoms with van der Waals surface area (Å²) in [5.74, 6) is -0.512. The van der Waals surface area contributed by atoms with Gasteiger partial charge in [-0.05, 0) is 37.0 Å². The number of nitrogens with two attached hydrogens (primary N) is 1. The van der Waals surface area contributed by atoms with E-state index in [9.17, 15) is 28.3 Å². The molecule has 218 valence electrons. The van der Waals surface area contributed by atoms with Crippen molar-refractivity contribution in [3.05, 3.63) is 76.0 Å². The Morgan fingerprint density at radius 1 is 1.29 bits per heavy atom. The number of nitrogens with one attached hydrogen (secondary N) is 2. The van der Waals surface area contributed by atoms with E-state index in [0.29, 0.717) is 43.7 Å². The fourth-order valence-corrected chi connectivity index (χ4v) is 6.30. The minimum absolute atomic E-state index is 0.0329. The number of hydrogen-bond acceptors (Lipinski definition) is 6. The van der Waals surface area contributed by atoms with Crippen LogP contribution in [0.15, 0.2) is 64.8 Å². The van der Waals surface area contributed by atoms with Crippen molar-refractivity contribution < 1.29 is 44.3 Å². The van der Waals surface area contributed by atoms with Gasteiger partial charge in [0.2, 0.25) is 0 Å². The first kappa shape index (κ1) is 30.8. The van der Waals surface area contributed by atoms with Crippen LogP contribution in [0, 0.1) is 22.7 Å². The first-order chi connectivity index (χ1) is 19.5. The van der Waals surface area contributed by atoms with Crippen molar-refractivity contribution in [3.63, 3.8) is 0 Å². The second-order valence-electron chi connectivity index (χ2n) is 9.75. The van der Waals surface area contributed by atoms with Crippen molar-refractivity contribution in [2.45, 2.75) is 35.5 Å². The molecule has 3 atom stereocenters. The van der Waals surface area contributed by atoms with Crippen LogP contribution in [-0.4, -0.2) is 57.4 Å². The van der Waals surface area contributed by atoms with Crippen LogP contribution in [0.3, 0.4) is 0 Å². The van der Waals surface area contributed by atoms with Crippen molar-refractivity contribution >= 4 is 34.9 Å². The number of rotatable bonds is 8. The SMILES string of the molecule is N#CCC1CC(=Nc2cccc(Cl)c2)/C(=C(\N)CNC(=O)N(C[C@H](O)C(F)(F)F)C(=N)c2ccc(C3C[I-]3)cc2)C1. The molecule has 1 aliphatic carbocycles. The Morgan fingerprint density at radius 2 is 2.00 bits per heavy atom. The number of halogens is 5. The number of amidine groups is 1. The van der Waals surface area contributed by atoms with Gasteiger partial charge in [0.25, 0.3) is 0 Å². The first-order valence-corrected chi connectivity index (χ1v) is 15.9. The number of carbonyl (C=O) groups excluding carboxylic acids is 1. The summed E-state index contributed by atoms with van der Waals surface area (Å²) in [6.45, 7) is -1.40. The molecule has 1 heterocycles. The zero-order valence-corrected chi connectivity index (χ0v) is 24.7. The molecule has 2 aromatic rings. The van der Waals surface area contributed by atoms with Crippen molar-refractivity contribution in [2.75, 3.05) is 17.5 Å². The molecule has 2 aromatic carbocycles.